The fraction of sp³-hybridized carbons (Fsp3) is 0.417. The summed E-state index contributed by atoms with van der Waals surface area (Å²) in [6, 6.07) is 7.09. The standard InChI is InChI=1S/C12H17ClN2O2/c1-3-14-12(16)15(2)7-8-17-11-6-4-5-10(13)9-11/h4-6,9H,3,7-8H2,1-2H3,(H,14,16). The lowest BCUT2D eigenvalue weighted by atomic mass is 10.3. The molecule has 1 aromatic rings. The minimum atomic E-state index is -0.0952. The molecule has 0 spiro atoms. The zero-order valence-corrected chi connectivity index (χ0v) is 10.8. The van der Waals surface area contributed by atoms with Crippen molar-refractivity contribution in [3.8, 4) is 5.75 Å². The average molecular weight is 257 g/mol. The van der Waals surface area contributed by atoms with Crippen LogP contribution in [0.1, 0.15) is 6.92 Å². The average Bonchev–Trinajstić information content (AvgIpc) is 2.29. The Morgan fingerprint density at radius 1 is 1.53 bits per heavy atom. The Morgan fingerprint density at radius 2 is 2.29 bits per heavy atom. The summed E-state index contributed by atoms with van der Waals surface area (Å²) in [5.74, 6) is 0.710. The van der Waals surface area contributed by atoms with Crippen molar-refractivity contribution in [3.05, 3.63) is 29.3 Å². The van der Waals surface area contributed by atoms with Gasteiger partial charge in [-0.05, 0) is 25.1 Å². The molecule has 0 bridgehead atoms. The van der Waals surface area contributed by atoms with E-state index in [1.54, 1.807) is 24.1 Å². The smallest absolute Gasteiger partial charge is 0.317 e. The van der Waals surface area contributed by atoms with Crippen LogP contribution in [0.15, 0.2) is 24.3 Å². The number of amides is 2. The van der Waals surface area contributed by atoms with Gasteiger partial charge in [0.15, 0.2) is 0 Å². The van der Waals surface area contributed by atoms with Gasteiger partial charge >= 0.3 is 6.03 Å². The molecule has 0 fully saturated rings. The van der Waals surface area contributed by atoms with E-state index in [9.17, 15) is 4.79 Å². The number of urea groups is 1. The quantitative estimate of drug-likeness (QED) is 0.879. The molecule has 1 N–H and O–H groups in total. The highest BCUT2D eigenvalue weighted by molar-refractivity contribution is 6.30. The fourth-order valence-corrected chi connectivity index (χ4v) is 1.43. The van der Waals surface area contributed by atoms with Crippen LogP contribution in [0.25, 0.3) is 0 Å². The van der Waals surface area contributed by atoms with Gasteiger partial charge in [-0.15, -0.1) is 0 Å². The van der Waals surface area contributed by atoms with Crippen molar-refractivity contribution >= 4 is 17.6 Å². The van der Waals surface area contributed by atoms with Crippen LogP contribution in [0.5, 0.6) is 5.75 Å². The zero-order valence-electron chi connectivity index (χ0n) is 10.1. The second-order valence-electron chi connectivity index (χ2n) is 3.56. The van der Waals surface area contributed by atoms with E-state index in [2.05, 4.69) is 5.32 Å². The van der Waals surface area contributed by atoms with Gasteiger partial charge in [0.25, 0.3) is 0 Å². The number of hydrogen-bond donors (Lipinski definition) is 1. The predicted molar refractivity (Wildman–Crippen MR) is 68.6 cm³/mol. The maximum absolute atomic E-state index is 11.4. The highest BCUT2D eigenvalue weighted by Crippen LogP contribution is 2.16. The normalized spacial score (nSPS) is 9.82. The lowest BCUT2D eigenvalue weighted by Gasteiger charge is -2.17. The van der Waals surface area contributed by atoms with Crippen LogP contribution in [0.4, 0.5) is 4.79 Å². The van der Waals surface area contributed by atoms with Gasteiger partial charge in [0, 0.05) is 18.6 Å². The number of carbonyl (C=O) groups is 1. The van der Waals surface area contributed by atoms with E-state index in [1.807, 2.05) is 19.1 Å². The summed E-state index contributed by atoms with van der Waals surface area (Å²) in [7, 11) is 1.73. The molecule has 0 saturated heterocycles. The number of likely N-dealkylation sites (N-methyl/N-ethyl adjacent to an activating group) is 1. The minimum Gasteiger partial charge on any atom is -0.492 e. The van der Waals surface area contributed by atoms with Crippen LogP contribution < -0.4 is 10.1 Å². The van der Waals surface area contributed by atoms with Crippen molar-refractivity contribution in [2.45, 2.75) is 6.92 Å². The number of benzene rings is 1. The molecule has 0 aliphatic rings. The van der Waals surface area contributed by atoms with E-state index in [0.29, 0.717) is 30.5 Å². The Kier molecular flexibility index (Phi) is 5.63. The van der Waals surface area contributed by atoms with Crippen molar-refractivity contribution in [1.29, 1.82) is 0 Å². The first-order chi connectivity index (χ1) is 8.13. The van der Waals surface area contributed by atoms with Gasteiger partial charge in [-0.25, -0.2) is 4.79 Å². The first-order valence-electron chi connectivity index (χ1n) is 5.50. The highest BCUT2D eigenvalue weighted by Gasteiger charge is 2.06. The van der Waals surface area contributed by atoms with Gasteiger partial charge in [-0.1, -0.05) is 17.7 Å². The van der Waals surface area contributed by atoms with Gasteiger partial charge in [0.05, 0.1) is 6.54 Å². The van der Waals surface area contributed by atoms with Crippen molar-refractivity contribution in [1.82, 2.24) is 10.2 Å². The Bertz CT molecular complexity index is 371. The first kappa shape index (κ1) is 13.6. The van der Waals surface area contributed by atoms with Gasteiger partial charge in [-0.3, -0.25) is 0 Å². The van der Waals surface area contributed by atoms with E-state index < -0.39 is 0 Å². The van der Waals surface area contributed by atoms with Crippen molar-refractivity contribution in [2.75, 3.05) is 26.7 Å². The lowest BCUT2D eigenvalue weighted by Crippen LogP contribution is -2.39. The first-order valence-corrected chi connectivity index (χ1v) is 5.88. The zero-order chi connectivity index (χ0) is 12.7. The summed E-state index contributed by atoms with van der Waals surface area (Å²) < 4.78 is 5.48. The molecule has 5 heteroatoms. The monoisotopic (exact) mass is 256 g/mol. The van der Waals surface area contributed by atoms with Crippen LogP contribution >= 0.6 is 11.6 Å². The minimum absolute atomic E-state index is 0.0952. The summed E-state index contributed by atoms with van der Waals surface area (Å²) in [5, 5.41) is 3.35. The van der Waals surface area contributed by atoms with Gasteiger partial charge < -0.3 is 15.0 Å². The molecule has 17 heavy (non-hydrogen) atoms. The summed E-state index contributed by atoms with van der Waals surface area (Å²) in [4.78, 5) is 13.0. The van der Waals surface area contributed by atoms with E-state index in [0.717, 1.165) is 0 Å². The third-order valence-electron chi connectivity index (χ3n) is 2.17. The number of nitrogens with zero attached hydrogens (tertiary/aromatic N) is 1. The number of halogens is 1. The number of carbonyl (C=O) groups excluding carboxylic acids is 1. The van der Waals surface area contributed by atoms with Crippen LogP contribution in [0.2, 0.25) is 5.02 Å². The second kappa shape index (κ2) is 7.01. The summed E-state index contributed by atoms with van der Waals surface area (Å²) in [6.07, 6.45) is 0. The molecule has 4 nitrogen and oxygen atoms in total. The summed E-state index contributed by atoms with van der Waals surface area (Å²) in [6.45, 7) is 3.47. The fourth-order valence-electron chi connectivity index (χ4n) is 1.24. The molecular weight excluding hydrogens is 240 g/mol. The molecule has 0 heterocycles. The van der Waals surface area contributed by atoms with Gasteiger partial charge in [-0.2, -0.15) is 0 Å². The topological polar surface area (TPSA) is 41.6 Å². The molecule has 1 aromatic carbocycles. The second-order valence-corrected chi connectivity index (χ2v) is 4.00. The van der Waals surface area contributed by atoms with Crippen molar-refractivity contribution in [3.63, 3.8) is 0 Å². The van der Waals surface area contributed by atoms with Crippen LogP contribution in [-0.2, 0) is 0 Å². The van der Waals surface area contributed by atoms with Crippen LogP contribution in [-0.4, -0.2) is 37.7 Å². The van der Waals surface area contributed by atoms with Crippen LogP contribution in [0, 0.1) is 0 Å². The van der Waals surface area contributed by atoms with Crippen LogP contribution in [0.3, 0.4) is 0 Å². The maximum Gasteiger partial charge on any atom is 0.317 e. The SMILES string of the molecule is CCNC(=O)N(C)CCOc1cccc(Cl)c1. The number of rotatable bonds is 5. The molecule has 2 amide bonds. The summed E-state index contributed by atoms with van der Waals surface area (Å²) in [5.41, 5.74) is 0. The third-order valence-corrected chi connectivity index (χ3v) is 2.40. The predicted octanol–water partition coefficient (Wildman–Crippen LogP) is 2.38. The Hall–Kier alpha value is -1.42. The van der Waals surface area contributed by atoms with Gasteiger partial charge in [0.1, 0.15) is 12.4 Å². The molecule has 0 atom stereocenters. The van der Waals surface area contributed by atoms with E-state index in [-0.39, 0.29) is 6.03 Å². The van der Waals surface area contributed by atoms with Crippen molar-refractivity contribution in [2.24, 2.45) is 0 Å². The number of ether oxygens (including phenoxy) is 1. The summed E-state index contributed by atoms with van der Waals surface area (Å²) >= 11 is 5.82. The molecule has 0 saturated carbocycles. The van der Waals surface area contributed by atoms with Crippen molar-refractivity contribution < 1.29 is 9.53 Å². The Labute approximate surface area is 107 Å². The number of hydrogen-bond acceptors (Lipinski definition) is 2. The molecule has 0 radical (unpaired) electrons. The Morgan fingerprint density at radius 3 is 2.94 bits per heavy atom. The number of nitrogens with one attached hydrogen (secondary N) is 1. The van der Waals surface area contributed by atoms with Gasteiger partial charge in [0.2, 0.25) is 0 Å². The Balaban J connectivity index is 2.30. The molecule has 1 rings (SSSR count). The molecular formula is C12H17ClN2O2. The molecule has 0 unspecified atom stereocenters. The maximum atomic E-state index is 11.4. The van der Waals surface area contributed by atoms with E-state index in [1.165, 1.54) is 0 Å². The molecule has 0 aliphatic carbocycles. The largest absolute Gasteiger partial charge is 0.492 e. The molecule has 0 aliphatic heterocycles. The third kappa shape index (κ3) is 4.95. The molecule has 0 aromatic heterocycles. The van der Waals surface area contributed by atoms with E-state index >= 15 is 0 Å². The lowest BCUT2D eigenvalue weighted by molar-refractivity contribution is 0.196. The highest BCUT2D eigenvalue weighted by atomic mass is 35.5. The molecule has 94 valence electrons. The van der Waals surface area contributed by atoms with E-state index in [4.69, 9.17) is 16.3 Å².